The summed E-state index contributed by atoms with van der Waals surface area (Å²) in [6.07, 6.45) is 0.477. The number of amides is 1. The molecular weight excluding hydrogens is 214 g/mol. The van der Waals surface area contributed by atoms with Crippen LogP contribution < -0.4 is 4.72 Å². The molecule has 0 saturated carbocycles. The first-order valence-electron chi connectivity index (χ1n) is 4.56. The van der Waals surface area contributed by atoms with Gasteiger partial charge in [0.15, 0.2) is 0 Å². The van der Waals surface area contributed by atoms with Crippen molar-refractivity contribution >= 4 is 15.9 Å². The molecule has 0 unspecified atom stereocenters. The van der Waals surface area contributed by atoms with Gasteiger partial charge >= 0.3 is 0 Å². The van der Waals surface area contributed by atoms with Gasteiger partial charge in [-0.15, -0.1) is 0 Å². The second kappa shape index (κ2) is 4.93. The fourth-order valence-corrected chi connectivity index (χ4v) is 2.10. The van der Waals surface area contributed by atoms with Crippen molar-refractivity contribution in [2.75, 3.05) is 5.75 Å². The number of carbonyl (C=O) groups is 1. The van der Waals surface area contributed by atoms with Gasteiger partial charge in [-0.2, -0.15) is 0 Å². The molecule has 0 heterocycles. The quantitative estimate of drug-likeness (QED) is 0.831. The SMILES string of the molecule is CCCS(=O)(=O)NC(=O)c1cc[c]cc1. The lowest BCUT2D eigenvalue weighted by molar-refractivity contribution is 0.0981. The summed E-state index contributed by atoms with van der Waals surface area (Å²) in [5.41, 5.74) is 0.313. The van der Waals surface area contributed by atoms with Crippen LogP contribution in [0.25, 0.3) is 0 Å². The molecular formula is C10H12NO3S. The van der Waals surface area contributed by atoms with Crippen molar-refractivity contribution in [2.45, 2.75) is 13.3 Å². The van der Waals surface area contributed by atoms with Crippen LogP contribution in [-0.4, -0.2) is 20.1 Å². The van der Waals surface area contributed by atoms with Gasteiger partial charge in [0, 0.05) is 5.56 Å². The van der Waals surface area contributed by atoms with E-state index in [9.17, 15) is 13.2 Å². The van der Waals surface area contributed by atoms with Gasteiger partial charge in [0.2, 0.25) is 10.0 Å². The Balaban J connectivity index is 2.73. The normalized spacial score (nSPS) is 11.0. The molecule has 0 aliphatic heterocycles. The molecule has 1 amide bonds. The molecule has 0 spiro atoms. The van der Waals surface area contributed by atoms with Crippen molar-refractivity contribution < 1.29 is 13.2 Å². The Morgan fingerprint density at radius 2 is 2.00 bits per heavy atom. The van der Waals surface area contributed by atoms with Crippen molar-refractivity contribution in [1.29, 1.82) is 0 Å². The molecule has 81 valence electrons. The van der Waals surface area contributed by atoms with Crippen LogP contribution in [0.15, 0.2) is 24.3 Å². The molecule has 5 heteroatoms. The fourth-order valence-electron chi connectivity index (χ4n) is 1.06. The van der Waals surface area contributed by atoms with Crippen molar-refractivity contribution in [3.8, 4) is 0 Å². The van der Waals surface area contributed by atoms with Crippen molar-refractivity contribution in [1.82, 2.24) is 4.72 Å². The smallest absolute Gasteiger partial charge is 0.264 e. The van der Waals surface area contributed by atoms with E-state index >= 15 is 0 Å². The lowest BCUT2D eigenvalue weighted by atomic mass is 10.2. The Morgan fingerprint density at radius 1 is 1.40 bits per heavy atom. The summed E-state index contributed by atoms with van der Waals surface area (Å²) in [6.45, 7) is 1.74. The number of carbonyl (C=O) groups excluding carboxylic acids is 1. The van der Waals surface area contributed by atoms with Crippen LogP contribution in [0.5, 0.6) is 0 Å². The van der Waals surface area contributed by atoms with Crippen LogP contribution in [0.4, 0.5) is 0 Å². The van der Waals surface area contributed by atoms with Gasteiger partial charge in [0.1, 0.15) is 0 Å². The number of benzene rings is 1. The number of nitrogens with one attached hydrogen (secondary N) is 1. The summed E-state index contributed by atoms with van der Waals surface area (Å²) >= 11 is 0. The number of rotatable bonds is 4. The van der Waals surface area contributed by atoms with Crippen LogP contribution in [-0.2, 0) is 10.0 Å². The Morgan fingerprint density at radius 3 is 2.53 bits per heavy atom. The van der Waals surface area contributed by atoms with Crippen molar-refractivity contribution in [3.05, 3.63) is 35.9 Å². The highest BCUT2D eigenvalue weighted by molar-refractivity contribution is 7.90. The number of hydrogen-bond donors (Lipinski definition) is 1. The third-order valence-corrected chi connectivity index (χ3v) is 3.14. The Bertz CT molecular complexity index is 425. The largest absolute Gasteiger partial charge is 0.268 e. The van der Waals surface area contributed by atoms with Crippen LogP contribution >= 0.6 is 0 Å². The molecule has 4 nitrogen and oxygen atoms in total. The van der Waals surface area contributed by atoms with E-state index in [0.29, 0.717) is 12.0 Å². The van der Waals surface area contributed by atoms with Gasteiger partial charge in [-0.1, -0.05) is 19.1 Å². The maximum absolute atomic E-state index is 11.4. The van der Waals surface area contributed by atoms with E-state index in [1.54, 1.807) is 19.1 Å². The molecule has 1 radical (unpaired) electrons. The summed E-state index contributed by atoms with van der Waals surface area (Å²) in [5, 5.41) is 0. The van der Waals surface area contributed by atoms with Gasteiger partial charge in [0.25, 0.3) is 5.91 Å². The molecule has 0 fully saturated rings. The molecule has 1 aromatic carbocycles. The third-order valence-electron chi connectivity index (χ3n) is 1.70. The maximum Gasteiger partial charge on any atom is 0.264 e. The minimum absolute atomic E-state index is 0.0439. The highest BCUT2D eigenvalue weighted by Crippen LogP contribution is 1.99. The van der Waals surface area contributed by atoms with Crippen molar-refractivity contribution in [3.63, 3.8) is 0 Å². The average Bonchev–Trinajstić information content (AvgIpc) is 2.18. The van der Waals surface area contributed by atoms with Gasteiger partial charge in [-0.3, -0.25) is 4.79 Å². The van der Waals surface area contributed by atoms with E-state index in [4.69, 9.17) is 0 Å². The van der Waals surface area contributed by atoms with Gasteiger partial charge in [0.05, 0.1) is 5.75 Å². The maximum atomic E-state index is 11.4. The summed E-state index contributed by atoms with van der Waals surface area (Å²) in [4.78, 5) is 11.4. The Hall–Kier alpha value is -1.36. The minimum Gasteiger partial charge on any atom is -0.268 e. The monoisotopic (exact) mass is 226 g/mol. The van der Waals surface area contributed by atoms with Crippen LogP contribution in [0.1, 0.15) is 23.7 Å². The van der Waals surface area contributed by atoms with E-state index in [-0.39, 0.29) is 5.75 Å². The zero-order chi connectivity index (χ0) is 11.3. The summed E-state index contributed by atoms with van der Waals surface area (Å²) in [6, 6.07) is 8.88. The van der Waals surface area contributed by atoms with E-state index in [1.807, 2.05) is 4.72 Å². The minimum atomic E-state index is -3.49. The summed E-state index contributed by atoms with van der Waals surface area (Å²) < 4.78 is 24.5. The van der Waals surface area contributed by atoms with Gasteiger partial charge in [-0.05, 0) is 24.6 Å². The predicted octanol–water partition coefficient (Wildman–Crippen LogP) is 0.956. The first-order chi connectivity index (χ1) is 7.05. The summed E-state index contributed by atoms with van der Waals surface area (Å²) in [5.74, 6) is -0.644. The van der Waals surface area contributed by atoms with Crippen LogP contribution in [0, 0.1) is 6.07 Å². The average molecular weight is 226 g/mol. The van der Waals surface area contributed by atoms with E-state index in [0.717, 1.165) is 0 Å². The number of hydrogen-bond acceptors (Lipinski definition) is 3. The van der Waals surface area contributed by atoms with E-state index in [2.05, 4.69) is 6.07 Å². The molecule has 0 aromatic heterocycles. The van der Waals surface area contributed by atoms with Gasteiger partial charge in [-0.25, -0.2) is 13.1 Å². The van der Waals surface area contributed by atoms with Crippen LogP contribution in [0.3, 0.4) is 0 Å². The van der Waals surface area contributed by atoms with E-state index < -0.39 is 15.9 Å². The molecule has 0 aliphatic rings. The molecule has 1 aromatic rings. The summed E-state index contributed by atoms with van der Waals surface area (Å²) in [7, 11) is -3.49. The number of sulfonamides is 1. The Kier molecular flexibility index (Phi) is 3.85. The predicted molar refractivity (Wildman–Crippen MR) is 56.8 cm³/mol. The zero-order valence-electron chi connectivity index (χ0n) is 8.36. The first kappa shape index (κ1) is 11.7. The molecule has 0 saturated heterocycles. The Labute approximate surface area is 89.4 Å². The second-order valence-corrected chi connectivity index (χ2v) is 4.88. The van der Waals surface area contributed by atoms with Crippen molar-refractivity contribution in [2.24, 2.45) is 0 Å². The lowest BCUT2D eigenvalue weighted by Crippen LogP contribution is -2.32. The first-order valence-corrected chi connectivity index (χ1v) is 6.21. The van der Waals surface area contributed by atoms with Crippen LogP contribution in [0.2, 0.25) is 0 Å². The molecule has 15 heavy (non-hydrogen) atoms. The lowest BCUT2D eigenvalue weighted by Gasteiger charge is -2.04. The molecule has 0 atom stereocenters. The zero-order valence-corrected chi connectivity index (χ0v) is 9.17. The second-order valence-electron chi connectivity index (χ2n) is 3.04. The molecule has 1 N–H and O–H groups in total. The standard InChI is InChI=1S/C10H12NO3S/c1-2-8-15(13,14)11-10(12)9-6-4-3-5-7-9/h4-7H,2,8H2,1H3,(H,11,12). The third kappa shape index (κ3) is 3.71. The van der Waals surface area contributed by atoms with Gasteiger partial charge < -0.3 is 0 Å². The highest BCUT2D eigenvalue weighted by atomic mass is 32.2. The topological polar surface area (TPSA) is 63.2 Å². The molecule has 0 aliphatic carbocycles. The molecule has 1 rings (SSSR count). The molecule has 0 bridgehead atoms. The van der Waals surface area contributed by atoms with E-state index in [1.165, 1.54) is 12.1 Å². The fraction of sp³-hybridized carbons (Fsp3) is 0.300. The highest BCUT2D eigenvalue weighted by Gasteiger charge is 2.14.